The normalized spacial score (nSPS) is 11.6. The molecule has 1 amide bonds. The number of anilines is 1. The second-order valence-electron chi connectivity index (χ2n) is 5.94. The third-order valence-corrected chi connectivity index (χ3v) is 7.05. The number of aromatic hydroxyl groups is 1. The maximum Gasteiger partial charge on any atom is 0.243 e. The molecule has 0 aliphatic heterocycles. The Morgan fingerprint density at radius 3 is 2.39 bits per heavy atom. The largest absolute Gasteiger partial charge is 0.506 e. The van der Waals surface area contributed by atoms with E-state index in [1.165, 1.54) is 46.4 Å². The van der Waals surface area contributed by atoms with Crippen molar-refractivity contribution in [3.63, 3.8) is 0 Å². The van der Waals surface area contributed by atoms with Crippen LogP contribution in [-0.4, -0.2) is 42.6 Å². The molecule has 6 nitrogen and oxygen atoms in total. The Balaban J connectivity index is 2.02. The highest BCUT2D eigenvalue weighted by atomic mass is 32.2. The van der Waals surface area contributed by atoms with Crippen LogP contribution in [0.5, 0.6) is 5.75 Å². The number of hydrogen-bond acceptors (Lipinski definition) is 5. The summed E-state index contributed by atoms with van der Waals surface area (Å²) in [5.41, 5.74) is 0.926. The fourth-order valence-corrected chi connectivity index (χ4v) is 4.79. The molecular formula is C19H23FN2O4S2. The van der Waals surface area contributed by atoms with Gasteiger partial charge in [0.25, 0.3) is 0 Å². The Morgan fingerprint density at radius 2 is 1.79 bits per heavy atom. The lowest BCUT2D eigenvalue weighted by Gasteiger charge is -2.19. The van der Waals surface area contributed by atoms with Crippen molar-refractivity contribution >= 4 is 33.4 Å². The highest BCUT2D eigenvalue weighted by Gasteiger charge is 2.23. The van der Waals surface area contributed by atoms with Crippen LogP contribution in [-0.2, 0) is 20.6 Å². The number of phenolic OH excluding ortho intramolecular Hbond substituents is 1. The number of amides is 1. The number of carbonyl (C=O) groups is 1. The molecule has 0 aromatic heterocycles. The monoisotopic (exact) mass is 426 g/mol. The highest BCUT2D eigenvalue weighted by molar-refractivity contribution is 7.99. The van der Waals surface area contributed by atoms with Gasteiger partial charge in [-0.15, -0.1) is 11.8 Å². The fourth-order valence-electron chi connectivity index (χ4n) is 2.52. The van der Waals surface area contributed by atoms with Crippen LogP contribution in [0.2, 0.25) is 0 Å². The van der Waals surface area contributed by atoms with Gasteiger partial charge in [-0.2, -0.15) is 4.31 Å². The van der Waals surface area contributed by atoms with E-state index >= 15 is 0 Å². The van der Waals surface area contributed by atoms with Gasteiger partial charge in [-0.05, 0) is 35.9 Å². The summed E-state index contributed by atoms with van der Waals surface area (Å²) in [4.78, 5) is 12.2. The molecule has 0 heterocycles. The minimum atomic E-state index is -3.70. The van der Waals surface area contributed by atoms with Crippen molar-refractivity contribution in [3.8, 4) is 5.75 Å². The van der Waals surface area contributed by atoms with Gasteiger partial charge in [-0.25, -0.2) is 12.8 Å². The van der Waals surface area contributed by atoms with Gasteiger partial charge in [0.1, 0.15) is 11.6 Å². The maximum absolute atomic E-state index is 12.9. The van der Waals surface area contributed by atoms with E-state index in [0.717, 1.165) is 5.56 Å². The summed E-state index contributed by atoms with van der Waals surface area (Å²) in [6.45, 7) is 4.12. The van der Waals surface area contributed by atoms with E-state index in [9.17, 15) is 22.7 Å². The van der Waals surface area contributed by atoms with Crippen LogP contribution >= 0.6 is 11.8 Å². The lowest BCUT2D eigenvalue weighted by molar-refractivity contribution is -0.113. The molecule has 9 heteroatoms. The van der Waals surface area contributed by atoms with Crippen molar-refractivity contribution in [1.29, 1.82) is 0 Å². The minimum Gasteiger partial charge on any atom is -0.506 e. The topological polar surface area (TPSA) is 86.7 Å². The first kappa shape index (κ1) is 22.2. The fraction of sp³-hybridized carbons (Fsp3) is 0.316. The van der Waals surface area contributed by atoms with E-state index in [1.807, 2.05) is 0 Å². The van der Waals surface area contributed by atoms with Crippen molar-refractivity contribution < 1.29 is 22.7 Å². The van der Waals surface area contributed by atoms with Crippen molar-refractivity contribution in [2.75, 3.05) is 24.2 Å². The van der Waals surface area contributed by atoms with Crippen LogP contribution in [0.25, 0.3) is 0 Å². The van der Waals surface area contributed by atoms with Gasteiger partial charge in [0.2, 0.25) is 15.9 Å². The Kier molecular flexibility index (Phi) is 7.85. The van der Waals surface area contributed by atoms with Gasteiger partial charge in [-0.1, -0.05) is 26.0 Å². The van der Waals surface area contributed by atoms with Crippen molar-refractivity contribution in [2.45, 2.75) is 24.5 Å². The highest BCUT2D eigenvalue weighted by Crippen LogP contribution is 2.28. The summed E-state index contributed by atoms with van der Waals surface area (Å²) in [6, 6.07) is 9.82. The zero-order chi connectivity index (χ0) is 20.7. The van der Waals surface area contributed by atoms with Gasteiger partial charge in [0, 0.05) is 18.8 Å². The van der Waals surface area contributed by atoms with Gasteiger partial charge in [-0.3, -0.25) is 4.79 Å². The molecule has 2 N–H and O–H groups in total. The van der Waals surface area contributed by atoms with Gasteiger partial charge in [0.05, 0.1) is 16.3 Å². The first-order valence-electron chi connectivity index (χ1n) is 8.73. The number of benzene rings is 2. The summed E-state index contributed by atoms with van der Waals surface area (Å²) >= 11 is 1.32. The number of hydrogen-bond donors (Lipinski definition) is 2. The van der Waals surface area contributed by atoms with Crippen LogP contribution in [0, 0.1) is 5.82 Å². The number of sulfonamides is 1. The zero-order valence-corrected chi connectivity index (χ0v) is 17.3. The molecule has 0 bridgehead atoms. The van der Waals surface area contributed by atoms with E-state index < -0.39 is 10.0 Å². The standard InChI is InChI=1S/C19H23FN2O4S2/c1-3-22(4-2)28(25,26)16-9-10-18(23)17(11-16)21-19(24)13-27-12-14-5-7-15(20)8-6-14/h5-11,23H,3-4,12-13H2,1-2H3,(H,21,24). The molecule has 0 saturated heterocycles. The van der Waals surface area contributed by atoms with Crippen molar-refractivity contribution in [3.05, 3.63) is 53.8 Å². The smallest absolute Gasteiger partial charge is 0.243 e. The molecular weight excluding hydrogens is 403 g/mol. The number of rotatable bonds is 9. The van der Waals surface area contributed by atoms with Crippen LogP contribution in [0.4, 0.5) is 10.1 Å². The Labute approximate surface area is 168 Å². The number of halogens is 1. The van der Waals surface area contributed by atoms with Crippen molar-refractivity contribution in [2.24, 2.45) is 0 Å². The summed E-state index contributed by atoms with van der Waals surface area (Å²) in [7, 11) is -3.70. The molecule has 0 saturated carbocycles. The Hall–Kier alpha value is -2.10. The molecule has 0 unspecified atom stereocenters. The van der Waals surface area contributed by atoms with Gasteiger partial charge >= 0.3 is 0 Å². The quantitative estimate of drug-likeness (QED) is 0.600. The Morgan fingerprint density at radius 1 is 1.14 bits per heavy atom. The minimum absolute atomic E-state index is 0.00302. The van der Waals surface area contributed by atoms with Crippen LogP contribution in [0.3, 0.4) is 0 Å². The molecule has 152 valence electrons. The molecule has 0 radical (unpaired) electrons. The molecule has 0 aliphatic carbocycles. The molecule has 2 aromatic rings. The first-order chi connectivity index (χ1) is 13.3. The number of nitrogens with zero attached hydrogens (tertiary/aromatic N) is 1. The summed E-state index contributed by atoms with van der Waals surface area (Å²) in [6.07, 6.45) is 0. The summed E-state index contributed by atoms with van der Waals surface area (Å²) in [5, 5.41) is 12.5. The van der Waals surface area contributed by atoms with Crippen LogP contribution < -0.4 is 5.32 Å². The molecule has 2 aromatic carbocycles. The number of phenols is 1. The van der Waals surface area contributed by atoms with Gasteiger partial charge in [0.15, 0.2) is 0 Å². The SMILES string of the molecule is CCN(CC)S(=O)(=O)c1ccc(O)c(NC(=O)CSCc2ccc(F)cc2)c1. The second-order valence-corrected chi connectivity index (χ2v) is 8.86. The zero-order valence-electron chi connectivity index (χ0n) is 15.7. The maximum atomic E-state index is 12.9. The lowest BCUT2D eigenvalue weighted by atomic mass is 10.2. The van der Waals surface area contributed by atoms with E-state index in [0.29, 0.717) is 18.8 Å². The molecule has 0 fully saturated rings. The molecule has 0 atom stereocenters. The van der Waals surface area contributed by atoms with E-state index in [-0.39, 0.29) is 33.8 Å². The number of nitrogens with one attached hydrogen (secondary N) is 1. The lowest BCUT2D eigenvalue weighted by Crippen LogP contribution is -2.30. The van der Waals surface area contributed by atoms with E-state index in [1.54, 1.807) is 26.0 Å². The number of carbonyl (C=O) groups excluding carboxylic acids is 1. The molecule has 2 rings (SSSR count). The molecule has 0 spiro atoms. The molecule has 0 aliphatic rings. The third kappa shape index (κ3) is 5.70. The molecule has 28 heavy (non-hydrogen) atoms. The summed E-state index contributed by atoms with van der Waals surface area (Å²) in [5.74, 6) is -0.281. The predicted octanol–water partition coefficient (Wildman–Crippen LogP) is 3.43. The predicted molar refractivity (Wildman–Crippen MR) is 109 cm³/mol. The Bertz CT molecular complexity index is 914. The number of thioether (sulfide) groups is 1. The second kappa shape index (κ2) is 9.90. The first-order valence-corrected chi connectivity index (χ1v) is 11.3. The van der Waals surface area contributed by atoms with Gasteiger partial charge < -0.3 is 10.4 Å². The average molecular weight is 427 g/mol. The average Bonchev–Trinajstić information content (AvgIpc) is 2.66. The van der Waals surface area contributed by atoms with Crippen LogP contribution in [0.15, 0.2) is 47.4 Å². The summed E-state index contributed by atoms with van der Waals surface area (Å²) < 4.78 is 39.4. The van der Waals surface area contributed by atoms with E-state index in [2.05, 4.69) is 5.32 Å². The van der Waals surface area contributed by atoms with Crippen molar-refractivity contribution in [1.82, 2.24) is 4.31 Å². The van der Waals surface area contributed by atoms with Crippen LogP contribution in [0.1, 0.15) is 19.4 Å². The van der Waals surface area contributed by atoms with E-state index in [4.69, 9.17) is 0 Å². The third-order valence-electron chi connectivity index (χ3n) is 4.00.